The number of aliphatic hydroxyl groups is 1. The molecule has 104 valence electrons. The van der Waals surface area contributed by atoms with E-state index < -0.39 is 6.17 Å². The highest BCUT2D eigenvalue weighted by atomic mass is 19.1. The van der Waals surface area contributed by atoms with Crippen LogP contribution in [0.3, 0.4) is 0 Å². The Bertz CT molecular complexity index is 139. The summed E-state index contributed by atoms with van der Waals surface area (Å²) in [4.78, 5) is 0. The van der Waals surface area contributed by atoms with Crippen molar-refractivity contribution in [2.75, 3.05) is 6.61 Å². The van der Waals surface area contributed by atoms with Crippen LogP contribution in [0.15, 0.2) is 0 Å². The van der Waals surface area contributed by atoms with Crippen LogP contribution < -0.4 is 0 Å². The first kappa shape index (κ1) is 16.9. The van der Waals surface area contributed by atoms with Crippen molar-refractivity contribution >= 4 is 0 Å². The van der Waals surface area contributed by atoms with Gasteiger partial charge in [0, 0.05) is 0 Å². The predicted octanol–water partition coefficient (Wildman–Crippen LogP) is 5.02. The van der Waals surface area contributed by atoms with Gasteiger partial charge < -0.3 is 5.11 Å². The first-order chi connectivity index (χ1) is 8.31. The molecule has 1 atom stereocenters. The average Bonchev–Trinajstić information content (AvgIpc) is 2.35. The lowest BCUT2D eigenvalue weighted by Crippen LogP contribution is -2.04. The zero-order valence-electron chi connectivity index (χ0n) is 11.6. The monoisotopic (exact) mass is 246 g/mol. The number of hydrogen-bond donors (Lipinski definition) is 1. The summed E-state index contributed by atoms with van der Waals surface area (Å²) in [5.74, 6) is 0. The second-order valence-corrected chi connectivity index (χ2v) is 5.10. The van der Waals surface area contributed by atoms with E-state index in [1.165, 1.54) is 57.8 Å². The Morgan fingerprint density at radius 2 is 1.18 bits per heavy atom. The molecule has 1 unspecified atom stereocenters. The summed E-state index contributed by atoms with van der Waals surface area (Å²) in [5, 5.41) is 8.52. The third-order valence-electron chi connectivity index (χ3n) is 3.32. The predicted molar refractivity (Wildman–Crippen MR) is 73.1 cm³/mol. The lowest BCUT2D eigenvalue weighted by molar-refractivity contribution is 0.167. The molecule has 0 heterocycles. The fourth-order valence-corrected chi connectivity index (χ4v) is 2.12. The van der Waals surface area contributed by atoms with Crippen LogP contribution in [0.25, 0.3) is 0 Å². The van der Waals surface area contributed by atoms with E-state index in [4.69, 9.17) is 5.11 Å². The summed E-state index contributed by atoms with van der Waals surface area (Å²) in [6.45, 7) is 1.94. The number of rotatable bonds is 13. The maximum atomic E-state index is 12.7. The molecule has 0 aliphatic rings. The smallest absolute Gasteiger partial charge is 0.123 e. The van der Waals surface area contributed by atoms with Crippen LogP contribution >= 0.6 is 0 Å². The van der Waals surface area contributed by atoms with E-state index in [2.05, 4.69) is 6.92 Å². The summed E-state index contributed by atoms with van der Waals surface area (Å²) in [6.07, 6.45) is 13.7. The molecule has 2 heteroatoms. The van der Waals surface area contributed by atoms with Gasteiger partial charge in [0.05, 0.1) is 6.61 Å². The number of alkyl halides is 1. The maximum Gasteiger partial charge on any atom is 0.123 e. The lowest BCUT2D eigenvalue weighted by atomic mass is 10.0. The van der Waals surface area contributed by atoms with Gasteiger partial charge in [-0.2, -0.15) is 0 Å². The van der Waals surface area contributed by atoms with E-state index in [1.807, 2.05) is 0 Å². The zero-order valence-corrected chi connectivity index (χ0v) is 11.6. The quantitative estimate of drug-likeness (QED) is 0.452. The molecule has 0 saturated carbocycles. The summed E-state index contributed by atoms with van der Waals surface area (Å²) in [7, 11) is 0. The van der Waals surface area contributed by atoms with Gasteiger partial charge in [-0.15, -0.1) is 0 Å². The van der Waals surface area contributed by atoms with Crippen LogP contribution in [0.4, 0.5) is 4.39 Å². The van der Waals surface area contributed by atoms with E-state index in [0.717, 1.165) is 12.8 Å². The fourth-order valence-electron chi connectivity index (χ4n) is 2.12. The van der Waals surface area contributed by atoms with Gasteiger partial charge in [0.1, 0.15) is 6.17 Å². The van der Waals surface area contributed by atoms with Crippen molar-refractivity contribution in [3.05, 3.63) is 0 Å². The van der Waals surface area contributed by atoms with Crippen molar-refractivity contribution in [1.29, 1.82) is 0 Å². The van der Waals surface area contributed by atoms with Crippen molar-refractivity contribution in [1.82, 2.24) is 0 Å². The molecule has 0 amide bonds. The lowest BCUT2D eigenvalue weighted by Gasteiger charge is -2.04. The number of halogens is 1. The van der Waals surface area contributed by atoms with Gasteiger partial charge in [-0.25, -0.2) is 4.39 Å². The topological polar surface area (TPSA) is 20.2 Å². The minimum Gasteiger partial charge on any atom is -0.393 e. The molecule has 0 rings (SSSR count). The number of unbranched alkanes of at least 4 members (excludes halogenated alkanes) is 10. The summed E-state index contributed by atoms with van der Waals surface area (Å²) in [6, 6.07) is 0. The molecular weight excluding hydrogens is 215 g/mol. The number of aliphatic hydroxyl groups excluding tert-OH is 1. The third-order valence-corrected chi connectivity index (χ3v) is 3.32. The largest absolute Gasteiger partial charge is 0.393 e. The van der Waals surface area contributed by atoms with Crippen molar-refractivity contribution < 1.29 is 9.50 Å². The second kappa shape index (κ2) is 14.0. The Labute approximate surface area is 107 Å². The Morgan fingerprint density at radius 3 is 1.59 bits per heavy atom. The molecule has 1 N–H and O–H groups in total. The first-order valence-corrected chi connectivity index (χ1v) is 7.56. The van der Waals surface area contributed by atoms with Crippen LogP contribution in [-0.4, -0.2) is 17.9 Å². The Morgan fingerprint density at radius 1 is 0.765 bits per heavy atom. The molecule has 0 saturated heterocycles. The normalized spacial score (nSPS) is 12.9. The van der Waals surface area contributed by atoms with E-state index in [0.29, 0.717) is 6.42 Å². The van der Waals surface area contributed by atoms with Gasteiger partial charge in [0.15, 0.2) is 0 Å². The van der Waals surface area contributed by atoms with Crippen LogP contribution in [0, 0.1) is 0 Å². The first-order valence-electron chi connectivity index (χ1n) is 7.56. The molecule has 17 heavy (non-hydrogen) atoms. The van der Waals surface area contributed by atoms with E-state index >= 15 is 0 Å². The number of hydrogen-bond acceptors (Lipinski definition) is 1. The molecule has 0 fully saturated rings. The molecule has 0 aromatic heterocycles. The van der Waals surface area contributed by atoms with Crippen LogP contribution in [0.1, 0.15) is 84.0 Å². The molecule has 0 aliphatic heterocycles. The second-order valence-electron chi connectivity index (χ2n) is 5.10. The molecule has 0 radical (unpaired) electrons. The minimum atomic E-state index is -0.992. The highest BCUT2D eigenvalue weighted by molar-refractivity contribution is 4.54. The van der Waals surface area contributed by atoms with Gasteiger partial charge in [0.25, 0.3) is 0 Å². The van der Waals surface area contributed by atoms with Crippen LogP contribution in [0.2, 0.25) is 0 Å². The van der Waals surface area contributed by atoms with Crippen LogP contribution in [0.5, 0.6) is 0 Å². The van der Waals surface area contributed by atoms with Gasteiger partial charge >= 0.3 is 0 Å². The highest BCUT2D eigenvalue weighted by Gasteiger charge is 2.02. The van der Waals surface area contributed by atoms with Crippen molar-refractivity contribution in [3.8, 4) is 0 Å². The highest BCUT2D eigenvalue weighted by Crippen LogP contribution is 2.12. The van der Waals surface area contributed by atoms with E-state index in [1.54, 1.807) is 0 Å². The fraction of sp³-hybridized carbons (Fsp3) is 1.00. The van der Waals surface area contributed by atoms with E-state index in [9.17, 15) is 4.39 Å². The summed E-state index contributed by atoms with van der Waals surface area (Å²) >= 11 is 0. The third kappa shape index (κ3) is 13.8. The molecule has 0 aliphatic carbocycles. The molecule has 0 aromatic carbocycles. The minimum absolute atomic E-state index is 0.308. The van der Waals surface area contributed by atoms with Gasteiger partial charge in [-0.1, -0.05) is 77.6 Å². The van der Waals surface area contributed by atoms with Crippen molar-refractivity contribution in [2.45, 2.75) is 90.1 Å². The average molecular weight is 246 g/mol. The Hall–Kier alpha value is -0.110. The van der Waals surface area contributed by atoms with Gasteiger partial charge in [-0.3, -0.25) is 0 Å². The van der Waals surface area contributed by atoms with Crippen molar-refractivity contribution in [2.24, 2.45) is 0 Å². The summed E-state index contributed by atoms with van der Waals surface area (Å²) in [5.41, 5.74) is 0. The van der Waals surface area contributed by atoms with Crippen LogP contribution in [-0.2, 0) is 0 Å². The van der Waals surface area contributed by atoms with Gasteiger partial charge in [-0.05, 0) is 6.42 Å². The Kier molecular flexibility index (Phi) is 13.9. The SMILES string of the molecule is CCCCCCCCCCCCCC(F)CO. The molecular formula is C15H31FO. The maximum absolute atomic E-state index is 12.7. The molecule has 0 spiro atoms. The Balaban J connectivity index is 2.94. The summed E-state index contributed by atoms with van der Waals surface area (Å²) < 4.78 is 12.7. The van der Waals surface area contributed by atoms with E-state index in [-0.39, 0.29) is 6.61 Å². The van der Waals surface area contributed by atoms with Crippen molar-refractivity contribution in [3.63, 3.8) is 0 Å². The zero-order chi connectivity index (χ0) is 12.8. The molecule has 1 nitrogen and oxygen atoms in total. The standard InChI is InChI=1S/C15H31FO/c1-2-3-4-5-6-7-8-9-10-11-12-13-15(16)14-17/h15,17H,2-14H2,1H3. The molecule has 0 aromatic rings. The van der Waals surface area contributed by atoms with Gasteiger partial charge in [0.2, 0.25) is 0 Å². The molecule has 0 bridgehead atoms.